The number of pyridine rings is 1. The van der Waals surface area contributed by atoms with Gasteiger partial charge in [0.2, 0.25) is 5.91 Å². The number of nitrogens with zero attached hydrogens (tertiary/aromatic N) is 2. The van der Waals surface area contributed by atoms with Gasteiger partial charge in [-0.25, -0.2) is 0 Å². The third-order valence-electron chi connectivity index (χ3n) is 5.19. The highest BCUT2D eigenvalue weighted by molar-refractivity contribution is 5.79. The van der Waals surface area contributed by atoms with E-state index in [1.165, 1.54) is 0 Å². The van der Waals surface area contributed by atoms with Crippen molar-refractivity contribution in [3.05, 3.63) is 65.5 Å². The highest BCUT2D eigenvalue weighted by atomic mass is 16.5. The van der Waals surface area contributed by atoms with E-state index in [0.717, 1.165) is 43.0 Å². The molecule has 1 aromatic carbocycles. The van der Waals surface area contributed by atoms with Gasteiger partial charge in [-0.05, 0) is 31.0 Å². The van der Waals surface area contributed by atoms with E-state index >= 15 is 0 Å². The predicted molar refractivity (Wildman–Crippen MR) is 94.9 cm³/mol. The Morgan fingerprint density at radius 2 is 2.08 bits per heavy atom. The molecule has 2 aliphatic heterocycles. The first-order valence-corrected chi connectivity index (χ1v) is 8.79. The molecule has 3 heterocycles. The first-order valence-electron chi connectivity index (χ1n) is 8.79. The normalized spacial score (nSPS) is 26.8. The zero-order valence-corrected chi connectivity index (χ0v) is 14.4. The average Bonchev–Trinajstić information content (AvgIpc) is 2.63. The number of piperidine rings is 1. The highest BCUT2D eigenvalue weighted by Gasteiger charge is 2.48. The van der Waals surface area contributed by atoms with E-state index in [0.29, 0.717) is 0 Å². The van der Waals surface area contributed by atoms with Crippen LogP contribution in [0, 0.1) is 6.92 Å². The van der Waals surface area contributed by atoms with Gasteiger partial charge >= 0.3 is 0 Å². The Balaban J connectivity index is 1.56. The van der Waals surface area contributed by atoms with Gasteiger partial charge in [0.25, 0.3) is 0 Å². The molecule has 130 valence electrons. The minimum absolute atomic E-state index is 0.0334. The number of nitrogens with one attached hydrogen (secondary N) is 1. The summed E-state index contributed by atoms with van der Waals surface area (Å²) in [5, 5.41) is 3.24. The van der Waals surface area contributed by atoms with Crippen LogP contribution in [0.5, 0.6) is 0 Å². The second-order valence-corrected chi connectivity index (χ2v) is 6.94. The largest absolute Gasteiger partial charge is 0.364 e. The Morgan fingerprint density at radius 3 is 2.88 bits per heavy atom. The summed E-state index contributed by atoms with van der Waals surface area (Å²) in [6.07, 6.45) is 0.783. The van der Waals surface area contributed by atoms with Crippen LogP contribution in [0.25, 0.3) is 0 Å². The van der Waals surface area contributed by atoms with Gasteiger partial charge < -0.3 is 10.1 Å². The minimum atomic E-state index is -0.423. The van der Waals surface area contributed by atoms with Crippen molar-refractivity contribution in [2.45, 2.75) is 31.5 Å². The van der Waals surface area contributed by atoms with Crippen molar-refractivity contribution >= 4 is 5.91 Å². The summed E-state index contributed by atoms with van der Waals surface area (Å²) in [6, 6.07) is 16.3. The maximum Gasteiger partial charge on any atom is 0.246 e. The first kappa shape index (κ1) is 16.2. The number of morpholine rings is 1. The number of hydrogen-bond acceptors (Lipinski definition) is 4. The summed E-state index contributed by atoms with van der Waals surface area (Å²) in [4.78, 5) is 19.0. The number of carbonyl (C=O) groups excluding carboxylic acids is 1. The van der Waals surface area contributed by atoms with E-state index in [1.54, 1.807) is 0 Å². The number of hydrogen-bond donors (Lipinski definition) is 1. The molecule has 0 spiro atoms. The molecule has 2 saturated heterocycles. The average molecular weight is 337 g/mol. The van der Waals surface area contributed by atoms with E-state index in [-0.39, 0.29) is 18.6 Å². The van der Waals surface area contributed by atoms with Crippen LogP contribution in [-0.2, 0) is 21.6 Å². The quantitative estimate of drug-likeness (QED) is 0.931. The Morgan fingerprint density at radius 1 is 1.24 bits per heavy atom. The van der Waals surface area contributed by atoms with E-state index in [2.05, 4.69) is 33.4 Å². The maximum absolute atomic E-state index is 12.0. The second-order valence-electron chi connectivity index (χ2n) is 6.94. The Kier molecular flexibility index (Phi) is 4.27. The molecule has 0 saturated carbocycles. The summed E-state index contributed by atoms with van der Waals surface area (Å²) < 4.78 is 5.97. The summed E-state index contributed by atoms with van der Waals surface area (Å²) in [5.74, 6) is -0.0334. The van der Waals surface area contributed by atoms with Crippen molar-refractivity contribution in [2.75, 3.05) is 19.7 Å². The summed E-state index contributed by atoms with van der Waals surface area (Å²) >= 11 is 0. The van der Waals surface area contributed by atoms with Crippen molar-refractivity contribution in [2.24, 2.45) is 0 Å². The summed E-state index contributed by atoms with van der Waals surface area (Å²) in [5.41, 5.74) is 2.82. The zero-order valence-electron chi connectivity index (χ0n) is 14.4. The molecule has 2 aromatic rings. The smallest absolute Gasteiger partial charge is 0.246 e. The van der Waals surface area contributed by atoms with Gasteiger partial charge in [0, 0.05) is 25.3 Å². The molecule has 4 rings (SSSR count). The molecule has 5 heteroatoms. The molecule has 0 radical (unpaired) electrons. The number of likely N-dealkylation sites (tertiary alicyclic amines) is 1. The van der Waals surface area contributed by atoms with Crippen molar-refractivity contribution in [1.29, 1.82) is 0 Å². The van der Waals surface area contributed by atoms with Crippen LogP contribution in [0.4, 0.5) is 0 Å². The topological polar surface area (TPSA) is 54.5 Å². The SMILES string of the molecule is Cc1cccc(CN2CC[C@@]3(c4ccccc4)NC(=O)CO[C@@H]3C2)n1. The number of benzene rings is 1. The summed E-state index contributed by atoms with van der Waals surface area (Å²) in [6.45, 7) is 4.63. The molecular weight excluding hydrogens is 314 g/mol. The van der Waals surface area contributed by atoms with E-state index in [1.807, 2.05) is 37.3 Å². The minimum Gasteiger partial charge on any atom is -0.364 e. The van der Waals surface area contributed by atoms with Crippen molar-refractivity contribution in [3.63, 3.8) is 0 Å². The monoisotopic (exact) mass is 337 g/mol. The van der Waals surface area contributed by atoms with Crippen LogP contribution in [0.15, 0.2) is 48.5 Å². The van der Waals surface area contributed by atoms with Crippen LogP contribution in [0.3, 0.4) is 0 Å². The molecule has 1 amide bonds. The number of rotatable bonds is 3. The fraction of sp³-hybridized carbons (Fsp3) is 0.400. The fourth-order valence-corrected chi connectivity index (χ4v) is 3.97. The van der Waals surface area contributed by atoms with Crippen LogP contribution in [0.1, 0.15) is 23.4 Å². The van der Waals surface area contributed by atoms with Crippen molar-refractivity contribution in [3.8, 4) is 0 Å². The molecule has 0 bridgehead atoms. The number of amides is 1. The molecule has 25 heavy (non-hydrogen) atoms. The number of aromatic nitrogens is 1. The van der Waals surface area contributed by atoms with Gasteiger partial charge in [0.15, 0.2) is 0 Å². The maximum atomic E-state index is 12.0. The lowest BCUT2D eigenvalue weighted by Gasteiger charge is -2.50. The fourth-order valence-electron chi connectivity index (χ4n) is 3.97. The Hall–Kier alpha value is -2.24. The Labute approximate surface area is 148 Å². The lowest BCUT2D eigenvalue weighted by Crippen LogP contribution is -2.66. The number of aryl methyl sites for hydroxylation is 1. The highest BCUT2D eigenvalue weighted by Crippen LogP contribution is 2.37. The molecule has 1 aromatic heterocycles. The van der Waals surface area contributed by atoms with Crippen molar-refractivity contribution < 1.29 is 9.53 Å². The lowest BCUT2D eigenvalue weighted by molar-refractivity contribution is -0.152. The number of ether oxygens (including phenoxy) is 1. The second kappa shape index (κ2) is 6.58. The lowest BCUT2D eigenvalue weighted by atomic mass is 9.77. The molecule has 2 aliphatic rings. The molecule has 0 aliphatic carbocycles. The van der Waals surface area contributed by atoms with Crippen LogP contribution >= 0.6 is 0 Å². The van der Waals surface area contributed by atoms with Crippen LogP contribution in [-0.4, -0.2) is 41.6 Å². The number of fused-ring (bicyclic) bond motifs is 1. The standard InChI is InChI=1S/C20H23N3O2/c1-15-6-5-9-17(21-15)12-23-11-10-20(16-7-3-2-4-8-16)18(13-23)25-14-19(24)22-20/h2-9,18H,10-14H2,1H3,(H,22,24)/t18-,20+/m1/s1. The van der Waals surface area contributed by atoms with Gasteiger partial charge in [-0.1, -0.05) is 36.4 Å². The van der Waals surface area contributed by atoms with E-state index in [4.69, 9.17) is 4.74 Å². The molecule has 2 atom stereocenters. The molecule has 5 nitrogen and oxygen atoms in total. The predicted octanol–water partition coefficient (Wildman–Crippen LogP) is 2.01. The molecule has 0 unspecified atom stereocenters. The van der Waals surface area contributed by atoms with Crippen LogP contribution < -0.4 is 5.32 Å². The van der Waals surface area contributed by atoms with E-state index in [9.17, 15) is 4.79 Å². The van der Waals surface area contributed by atoms with Crippen molar-refractivity contribution in [1.82, 2.24) is 15.2 Å². The van der Waals surface area contributed by atoms with Gasteiger partial charge in [0.1, 0.15) is 6.61 Å². The van der Waals surface area contributed by atoms with Gasteiger partial charge in [-0.2, -0.15) is 0 Å². The summed E-state index contributed by atoms with van der Waals surface area (Å²) in [7, 11) is 0. The van der Waals surface area contributed by atoms with Gasteiger partial charge in [-0.15, -0.1) is 0 Å². The van der Waals surface area contributed by atoms with E-state index < -0.39 is 5.54 Å². The first-order chi connectivity index (χ1) is 12.2. The molecule has 2 fully saturated rings. The molecular formula is C20H23N3O2. The third-order valence-corrected chi connectivity index (χ3v) is 5.19. The van der Waals surface area contributed by atoms with Crippen LogP contribution in [0.2, 0.25) is 0 Å². The Bertz CT molecular complexity index is 765. The van der Waals surface area contributed by atoms with Gasteiger partial charge in [-0.3, -0.25) is 14.7 Å². The molecule has 1 N–H and O–H groups in total. The van der Waals surface area contributed by atoms with Gasteiger partial charge in [0.05, 0.1) is 17.3 Å². The zero-order chi connectivity index (χ0) is 17.3. The number of carbonyl (C=O) groups is 1. The third kappa shape index (κ3) is 3.17.